The van der Waals surface area contributed by atoms with Crippen molar-refractivity contribution in [2.45, 2.75) is 26.4 Å². The third-order valence-electron chi connectivity index (χ3n) is 4.20. The predicted octanol–water partition coefficient (Wildman–Crippen LogP) is 3.18. The molecule has 11 heteroatoms. The second-order valence-corrected chi connectivity index (χ2v) is 7.44. The van der Waals surface area contributed by atoms with Gasteiger partial charge in [-0.05, 0) is 12.5 Å². The Morgan fingerprint density at radius 2 is 1.97 bits per heavy atom. The summed E-state index contributed by atoms with van der Waals surface area (Å²) in [6, 6.07) is 12.0. The Morgan fingerprint density at radius 1 is 1.14 bits per heavy atom. The zero-order valence-corrected chi connectivity index (χ0v) is 16.4. The number of nitrogens with one attached hydrogen (secondary N) is 1. The van der Waals surface area contributed by atoms with Gasteiger partial charge in [-0.15, -0.1) is 10.2 Å². The minimum atomic E-state index is -0.428. The van der Waals surface area contributed by atoms with Crippen molar-refractivity contribution in [1.82, 2.24) is 29.8 Å². The molecular formula is C18H18N8O2S. The van der Waals surface area contributed by atoms with Crippen molar-refractivity contribution >= 4 is 28.0 Å². The van der Waals surface area contributed by atoms with Crippen molar-refractivity contribution in [3.63, 3.8) is 0 Å². The van der Waals surface area contributed by atoms with Crippen LogP contribution in [0.4, 0.5) is 16.6 Å². The lowest BCUT2D eigenvalue weighted by atomic mass is 10.2. The first-order valence-corrected chi connectivity index (χ1v) is 9.74. The maximum absolute atomic E-state index is 10.9. The molecule has 3 heterocycles. The number of nitrogens with zero attached hydrogens (tertiary/aromatic N) is 7. The first kappa shape index (κ1) is 18.7. The fraction of sp³-hybridized carbons (Fsp3) is 0.222. The number of nitro groups is 1. The first-order chi connectivity index (χ1) is 14.1. The molecule has 0 aliphatic carbocycles. The van der Waals surface area contributed by atoms with Crippen molar-refractivity contribution in [3.8, 4) is 0 Å². The molecule has 0 unspecified atom stereocenters. The molecule has 3 aromatic heterocycles. The molecule has 0 spiro atoms. The summed E-state index contributed by atoms with van der Waals surface area (Å²) in [6.07, 6.45) is 3.93. The van der Waals surface area contributed by atoms with Crippen LogP contribution in [0.2, 0.25) is 0 Å². The van der Waals surface area contributed by atoms with E-state index in [9.17, 15) is 10.1 Å². The number of aryl methyl sites for hydroxylation is 3. The van der Waals surface area contributed by atoms with Gasteiger partial charge in [-0.3, -0.25) is 19.5 Å². The quantitative estimate of drug-likeness (QED) is 0.350. The molecule has 0 amide bonds. The molecule has 0 fully saturated rings. The van der Waals surface area contributed by atoms with Crippen molar-refractivity contribution in [3.05, 3.63) is 75.2 Å². The Morgan fingerprint density at radius 3 is 2.72 bits per heavy atom. The molecule has 148 valence electrons. The Balaban J connectivity index is 1.34. The summed E-state index contributed by atoms with van der Waals surface area (Å²) < 4.78 is 3.42. The molecule has 4 rings (SSSR count). The van der Waals surface area contributed by atoms with E-state index in [0.29, 0.717) is 36.2 Å². The van der Waals surface area contributed by atoms with Gasteiger partial charge in [-0.2, -0.15) is 10.2 Å². The highest BCUT2D eigenvalue weighted by Crippen LogP contribution is 2.21. The second-order valence-electron chi connectivity index (χ2n) is 6.38. The van der Waals surface area contributed by atoms with E-state index >= 15 is 0 Å². The van der Waals surface area contributed by atoms with Gasteiger partial charge in [0.2, 0.25) is 5.13 Å². The molecule has 1 aromatic carbocycles. The molecule has 0 atom stereocenters. The van der Waals surface area contributed by atoms with E-state index in [4.69, 9.17) is 0 Å². The third-order valence-corrected chi connectivity index (χ3v) is 5.10. The normalized spacial score (nSPS) is 10.9. The van der Waals surface area contributed by atoms with Gasteiger partial charge in [-0.1, -0.05) is 41.7 Å². The zero-order chi connectivity index (χ0) is 20.2. The SMILES string of the molecule is Cc1nn(CCc2nnc(Nc3ccn(Cc4ccccc4)n3)s2)cc1[N+](=O)[O-]. The number of rotatable bonds is 8. The van der Waals surface area contributed by atoms with Crippen LogP contribution in [0.15, 0.2) is 48.8 Å². The van der Waals surface area contributed by atoms with E-state index in [1.807, 2.05) is 35.1 Å². The van der Waals surface area contributed by atoms with Gasteiger partial charge in [0.05, 0.1) is 11.5 Å². The Labute approximate surface area is 170 Å². The molecule has 0 saturated carbocycles. The van der Waals surface area contributed by atoms with E-state index < -0.39 is 4.92 Å². The van der Waals surface area contributed by atoms with Crippen LogP contribution < -0.4 is 5.32 Å². The predicted molar refractivity (Wildman–Crippen MR) is 108 cm³/mol. The van der Waals surface area contributed by atoms with E-state index in [0.717, 1.165) is 5.01 Å². The van der Waals surface area contributed by atoms with Crippen molar-refractivity contribution < 1.29 is 4.92 Å². The van der Waals surface area contributed by atoms with E-state index in [2.05, 4.69) is 37.8 Å². The molecule has 4 aromatic rings. The summed E-state index contributed by atoms with van der Waals surface area (Å²) in [5.74, 6) is 0.696. The number of aromatic nitrogens is 6. The number of hydrogen-bond acceptors (Lipinski definition) is 8. The van der Waals surface area contributed by atoms with Crippen molar-refractivity contribution in [1.29, 1.82) is 0 Å². The highest BCUT2D eigenvalue weighted by Gasteiger charge is 2.15. The van der Waals surface area contributed by atoms with Crippen molar-refractivity contribution in [2.24, 2.45) is 0 Å². The highest BCUT2D eigenvalue weighted by molar-refractivity contribution is 7.15. The molecule has 1 N–H and O–H groups in total. The van der Waals surface area contributed by atoms with Gasteiger partial charge in [0, 0.05) is 25.2 Å². The maximum atomic E-state index is 10.9. The Hall–Kier alpha value is -3.60. The van der Waals surface area contributed by atoms with E-state index in [1.165, 1.54) is 23.1 Å². The van der Waals surface area contributed by atoms with Gasteiger partial charge in [0.15, 0.2) is 5.82 Å². The van der Waals surface area contributed by atoms with Gasteiger partial charge in [0.1, 0.15) is 16.9 Å². The monoisotopic (exact) mass is 410 g/mol. The van der Waals surface area contributed by atoms with Gasteiger partial charge < -0.3 is 5.32 Å². The molecule has 0 aliphatic heterocycles. The van der Waals surface area contributed by atoms with Crippen LogP contribution in [0.5, 0.6) is 0 Å². The third kappa shape index (κ3) is 4.63. The fourth-order valence-corrected chi connectivity index (χ4v) is 3.55. The zero-order valence-electron chi connectivity index (χ0n) is 15.6. The molecule has 0 bridgehead atoms. The summed E-state index contributed by atoms with van der Waals surface area (Å²) in [7, 11) is 0. The summed E-state index contributed by atoms with van der Waals surface area (Å²) in [5, 5.41) is 32.5. The van der Waals surface area contributed by atoms with Crippen molar-refractivity contribution in [2.75, 3.05) is 5.32 Å². The molecule has 29 heavy (non-hydrogen) atoms. The standard InChI is InChI=1S/C18H18N8O2S/c1-13-15(26(27)28)12-25(22-13)10-8-17-20-21-18(29-17)19-16-7-9-24(23-16)11-14-5-3-2-4-6-14/h2-7,9,12H,8,10-11H2,1H3,(H,19,21,23). The summed E-state index contributed by atoms with van der Waals surface area (Å²) in [5.41, 5.74) is 1.60. The van der Waals surface area contributed by atoms with Gasteiger partial charge in [-0.25, -0.2) is 0 Å². The van der Waals surface area contributed by atoms with Crippen LogP contribution in [0.1, 0.15) is 16.3 Å². The average Bonchev–Trinajstić information content (AvgIpc) is 3.42. The van der Waals surface area contributed by atoms with Crippen LogP contribution in [0.25, 0.3) is 0 Å². The minimum Gasteiger partial charge on any atom is -0.313 e. The summed E-state index contributed by atoms with van der Waals surface area (Å²) in [4.78, 5) is 10.5. The average molecular weight is 410 g/mol. The Kier molecular flexibility index (Phi) is 5.29. The highest BCUT2D eigenvalue weighted by atomic mass is 32.1. The lowest BCUT2D eigenvalue weighted by Gasteiger charge is -2.01. The van der Waals surface area contributed by atoms with Crippen LogP contribution in [-0.4, -0.2) is 34.7 Å². The van der Waals surface area contributed by atoms with Crippen LogP contribution >= 0.6 is 11.3 Å². The van der Waals surface area contributed by atoms with Gasteiger partial charge in [0.25, 0.3) is 0 Å². The van der Waals surface area contributed by atoms with Crippen LogP contribution in [0, 0.1) is 17.0 Å². The summed E-state index contributed by atoms with van der Waals surface area (Å²) in [6.45, 7) is 2.81. The van der Waals surface area contributed by atoms with Crippen LogP contribution in [-0.2, 0) is 19.5 Å². The smallest absolute Gasteiger partial charge is 0.309 e. The van der Waals surface area contributed by atoms with Gasteiger partial charge >= 0.3 is 5.69 Å². The lowest BCUT2D eigenvalue weighted by molar-refractivity contribution is -0.385. The molecular weight excluding hydrogens is 392 g/mol. The fourth-order valence-electron chi connectivity index (χ4n) is 2.81. The second kappa shape index (κ2) is 8.19. The molecule has 0 aliphatic rings. The van der Waals surface area contributed by atoms with E-state index in [-0.39, 0.29) is 5.69 Å². The lowest BCUT2D eigenvalue weighted by Crippen LogP contribution is -2.01. The first-order valence-electron chi connectivity index (χ1n) is 8.92. The largest absolute Gasteiger partial charge is 0.313 e. The van der Waals surface area contributed by atoms with Crippen LogP contribution in [0.3, 0.4) is 0 Å². The Bertz CT molecular complexity index is 1120. The minimum absolute atomic E-state index is 0.0238. The molecule has 0 radical (unpaired) electrons. The molecule has 10 nitrogen and oxygen atoms in total. The topological polar surface area (TPSA) is 117 Å². The number of anilines is 2. The number of benzene rings is 1. The molecule has 0 saturated heterocycles. The number of hydrogen-bond donors (Lipinski definition) is 1. The maximum Gasteiger partial charge on any atom is 0.309 e. The summed E-state index contributed by atoms with van der Waals surface area (Å²) >= 11 is 1.42. The van der Waals surface area contributed by atoms with E-state index in [1.54, 1.807) is 11.6 Å².